The first kappa shape index (κ1) is 13.1. The molecule has 0 atom stereocenters. The van der Waals surface area contributed by atoms with E-state index in [0.29, 0.717) is 25.6 Å². The van der Waals surface area contributed by atoms with Gasteiger partial charge in [-0.05, 0) is 23.6 Å². The first-order valence-electron chi connectivity index (χ1n) is 6.25. The van der Waals surface area contributed by atoms with Crippen molar-refractivity contribution in [3.63, 3.8) is 0 Å². The van der Waals surface area contributed by atoms with Crippen LogP contribution in [0.5, 0.6) is 0 Å². The van der Waals surface area contributed by atoms with Crippen molar-refractivity contribution in [1.29, 1.82) is 0 Å². The number of nitrogens with two attached hydrogens (primary N) is 1. The predicted molar refractivity (Wildman–Crippen MR) is 71.5 cm³/mol. The lowest BCUT2D eigenvalue weighted by Crippen LogP contribution is -2.58. The number of carbonyl (C=O) groups is 1. The maximum Gasteiger partial charge on any atom is 0.226 e. The molecule has 0 radical (unpaired) electrons. The van der Waals surface area contributed by atoms with E-state index in [0.717, 1.165) is 5.69 Å². The van der Waals surface area contributed by atoms with E-state index in [2.05, 4.69) is 19.2 Å². The normalized spacial score (nSPS) is 17.3. The van der Waals surface area contributed by atoms with E-state index < -0.39 is 5.54 Å². The number of nitrogens with one attached hydrogen (secondary N) is 1. The molecule has 0 aromatic heterocycles. The highest BCUT2D eigenvalue weighted by molar-refractivity contribution is 5.91. The van der Waals surface area contributed by atoms with Gasteiger partial charge in [0.15, 0.2) is 0 Å². The van der Waals surface area contributed by atoms with Gasteiger partial charge in [0.05, 0.1) is 18.8 Å². The van der Waals surface area contributed by atoms with Crippen LogP contribution in [0, 0.1) is 0 Å². The van der Waals surface area contributed by atoms with Gasteiger partial charge in [0.25, 0.3) is 0 Å². The number of rotatable bonds is 4. The van der Waals surface area contributed by atoms with E-state index in [-0.39, 0.29) is 5.91 Å². The molecule has 18 heavy (non-hydrogen) atoms. The Bertz CT molecular complexity index is 422. The zero-order valence-electron chi connectivity index (χ0n) is 10.9. The van der Waals surface area contributed by atoms with Crippen LogP contribution < -0.4 is 11.1 Å². The quantitative estimate of drug-likeness (QED) is 0.855. The Morgan fingerprint density at radius 2 is 2.00 bits per heavy atom. The topological polar surface area (TPSA) is 64.4 Å². The van der Waals surface area contributed by atoms with Crippen LogP contribution in [0.4, 0.5) is 5.69 Å². The van der Waals surface area contributed by atoms with E-state index in [9.17, 15) is 4.79 Å². The maximum atomic E-state index is 11.8. The fraction of sp³-hybridized carbons (Fsp3) is 0.500. The minimum absolute atomic E-state index is 0.0573. The van der Waals surface area contributed by atoms with Crippen molar-refractivity contribution in [3.8, 4) is 0 Å². The van der Waals surface area contributed by atoms with Crippen molar-refractivity contribution in [3.05, 3.63) is 29.8 Å². The van der Waals surface area contributed by atoms with E-state index in [1.165, 1.54) is 5.56 Å². The molecular weight excluding hydrogens is 228 g/mol. The highest BCUT2D eigenvalue weighted by atomic mass is 16.5. The molecule has 1 aliphatic rings. The van der Waals surface area contributed by atoms with Crippen LogP contribution in [0.1, 0.15) is 31.7 Å². The lowest BCUT2D eigenvalue weighted by molar-refractivity contribution is -0.123. The number of hydrogen-bond donors (Lipinski definition) is 2. The van der Waals surface area contributed by atoms with E-state index >= 15 is 0 Å². The first-order chi connectivity index (χ1) is 8.48. The molecule has 3 N–H and O–H groups in total. The molecule has 1 aliphatic heterocycles. The number of amides is 1. The molecule has 0 aliphatic carbocycles. The van der Waals surface area contributed by atoms with Crippen molar-refractivity contribution in [2.24, 2.45) is 5.73 Å². The molecule has 1 saturated heterocycles. The molecule has 1 fully saturated rings. The van der Waals surface area contributed by atoms with Gasteiger partial charge in [-0.3, -0.25) is 4.79 Å². The monoisotopic (exact) mass is 248 g/mol. The van der Waals surface area contributed by atoms with Crippen LogP contribution in [0.3, 0.4) is 0 Å². The van der Waals surface area contributed by atoms with Gasteiger partial charge in [-0.1, -0.05) is 26.0 Å². The minimum Gasteiger partial charge on any atom is -0.377 e. The number of hydrogen-bond acceptors (Lipinski definition) is 3. The standard InChI is InChI=1S/C14H20N2O2/c1-10(2)11-3-5-12(6-4-11)16-13(17)7-14(15)8-18-9-14/h3-6,10H,7-9,15H2,1-2H3,(H,16,17). The number of benzene rings is 1. The van der Waals surface area contributed by atoms with Crippen LogP contribution in [-0.4, -0.2) is 24.7 Å². The van der Waals surface area contributed by atoms with Gasteiger partial charge in [0.2, 0.25) is 5.91 Å². The third-order valence-electron chi connectivity index (χ3n) is 3.15. The molecule has 2 rings (SSSR count). The molecule has 0 spiro atoms. The van der Waals surface area contributed by atoms with E-state index in [1.54, 1.807) is 0 Å². The van der Waals surface area contributed by atoms with Crippen molar-refractivity contribution >= 4 is 11.6 Å². The number of anilines is 1. The second kappa shape index (κ2) is 5.08. The third-order valence-corrected chi connectivity index (χ3v) is 3.15. The smallest absolute Gasteiger partial charge is 0.226 e. The number of ether oxygens (including phenoxy) is 1. The minimum atomic E-state index is -0.470. The molecule has 0 bridgehead atoms. The van der Waals surface area contributed by atoms with Gasteiger partial charge in [0.1, 0.15) is 0 Å². The van der Waals surface area contributed by atoms with Crippen LogP contribution >= 0.6 is 0 Å². The fourth-order valence-corrected chi connectivity index (χ4v) is 1.94. The average Bonchev–Trinajstić information content (AvgIpc) is 2.27. The van der Waals surface area contributed by atoms with Crippen molar-refractivity contribution in [2.45, 2.75) is 31.7 Å². The zero-order valence-corrected chi connectivity index (χ0v) is 10.9. The fourth-order valence-electron chi connectivity index (χ4n) is 1.94. The van der Waals surface area contributed by atoms with Crippen LogP contribution in [0.15, 0.2) is 24.3 Å². The molecule has 1 aromatic rings. The molecule has 4 nitrogen and oxygen atoms in total. The van der Waals surface area contributed by atoms with Crippen LogP contribution in [0.25, 0.3) is 0 Å². The molecule has 1 aromatic carbocycles. The summed E-state index contributed by atoms with van der Waals surface area (Å²) in [5.74, 6) is 0.437. The van der Waals surface area contributed by atoms with Crippen molar-refractivity contribution in [1.82, 2.24) is 0 Å². The molecule has 4 heteroatoms. The Labute approximate surface area is 108 Å². The van der Waals surface area contributed by atoms with E-state index in [4.69, 9.17) is 10.5 Å². The largest absolute Gasteiger partial charge is 0.377 e. The summed E-state index contributed by atoms with van der Waals surface area (Å²) < 4.78 is 5.03. The highest BCUT2D eigenvalue weighted by Gasteiger charge is 2.36. The zero-order chi connectivity index (χ0) is 13.2. The average molecular weight is 248 g/mol. The van der Waals surface area contributed by atoms with Gasteiger partial charge < -0.3 is 15.8 Å². The Morgan fingerprint density at radius 3 is 2.44 bits per heavy atom. The summed E-state index contributed by atoms with van der Waals surface area (Å²) in [6.07, 6.45) is 0.304. The summed E-state index contributed by atoms with van der Waals surface area (Å²) in [6, 6.07) is 7.91. The molecule has 0 saturated carbocycles. The van der Waals surface area contributed by atoms with Crippen LogP contribution in [0.2, 0.25) is 0 Å². The Balaban J connectivity index is 1.90. The van der Waals surface area contributed by atoms with Gasteiger partial charge >= 0.3 is 0 Å². The number of carbonyl (C=O) groups excluding carboxylic acids is 1. The summed E-state index contributed by atoms with van der Waals surface area (Å²) in [7, 11) is 0. The summed E-state index contributed by atoms with van der Waals surface area (Å²) >= 11 is 0. The summed E-state index contributed by atoms with van der Waals surface area (Å²) in [4.78, 5) is 11.8. The Hall–Kier alpha value is -1.39. The predicted octanol–water partition coefficient (Wildman–Crippen LogP) is 1.87. The second-order valence-electron chi connectivity index (χ2n) is 5.36. The van der Waals surface area contributed by atoms with Crippen LogP contribution in [-0.2, 0) is 9.53 Å². The molecule has 1 heterocycles. The molecule has 1 amide bonds. The lowest BCUT2D eigenvalue weighted by Gasteiger charge is -2.37. The highest BCUT2D eigenvalue weighted by Crippen LogP contribution is 2.20. The SMILES string of the molecule is CC(C)c1ccc(NC(=O)CC2(N)COC2)cc1. The molecular formula is C14H20N2O2. The van der Waals surface area contributed by atoms with E-state index in [1.807, 2.05) is 24.3 Å². The first-order valence-corrected chi connectivity index (χ1v) is 6.25. The maximum absolute atomic E-state index is 11.8. The third kappa shape index (κ3) is 3.09. The van der Waals surface area contributed by atoms with Crippen molar-refractivity contribution in [2.75, 3.05) is 18.5 Å². The summed E-state index contributed by atoms with van der Waals surface area (Å²) in [5, 5.41) is 2.86. The summed E-state index contributed by atoms with van der Waals surface area (Å²) in [6.45, 7) is 5.21. The Morgan fingerprint density at radius 1 is 1.39 bits per heavy atom. The molecule has 98 valence electrons. The molecule has 0 unspecified atom stereocenters. The van der Waals surface area contributed by atoms with Gasteiger partial charge in [-0.25, -0.2) is 0 Å². The Kier molecular flexibility index (Phi) is 3.68. The van der Waals surface area contributed by atoms with Crippen molar-refractivity contribution < 1.29 is 9.53 Å². The second-order valence-corrected chi connectivity index (χ2v) is 5.36. The summed E-state index contributed by atoms with van der Waals surface area (Å²) in [5.41, 5.74) is 7.54. The lowest BCUT2D eigenvalue weighted by atomic mass is 9.94. The van der Waals surface area contributed by atoms with Gasteiger partial charge in [-0.15, -0.1) is 0 Å². The van der Waals surface area contributed by atoms with Gasteiger partial charge in [0, 0.05) is 12.1 Å². The van der Waals surface area contributed by atoms with Gasteiger partial charge in [-0.2, -0.15) is 0 Å².